The molecule has 0 aliphatic rings. The lowest BCUT2D eigenvalue weighted by atomic mass is 10.1. The standard InChI is InChI=1S/C17H19FN2O2/c1-12(13-7-9-15(18)10-8-13)20-17(21)19-11-14-5-3-4-6-16(14)22-2/h3-10,12H,11H2,1-2H3,(H2,19,20,21). The molecule has 1 atom stereocenters. The molecule has 2 aromatic carbocycles. The zero-order valence-corrected chi connectivity index (χ0v) is 12.6. The number of methoxy groups -OCH3 is 1. The highest BCUT2D eigenvalue weighted by molar-refractivity contribution is 5.74. The Morgan fingerprint density at radius 3 is 2.55 bits per heavy atom. The van der Waals surface area contributed by atoms with Crippen molar-refractivity contribution in [3.8, 4) is 5.75 Å². The first-order valence-electron chi connectivity index (χ1n) is 7.02. The van der Waals surface area contributed by atoms with Crippen LogP contribution in [0.3, 0.4) is 0 Å². The number of nitrogens with one attached hydrogen (secondary N) is 2. The highest BCUT2D eigenvalue weighted by atomic mass is 19.1. The largest absolute Gasteiger partial charge is 0.496 e. The van der Waals surface area contributed by atoms with Gasteiger partial charge >= 0.3 is 6.03 Å². The van der Waals surface area contributed by atoms with Gasteiger partial charge in [-0.15, -0.1) is 0 Å². The minimum atomic E-state index is -0.295. The van der Waals surface area contributed by atoms with Crippen molar-refractivity contribution in [3.05, 3.63) is 65.5 Å². The molecule has 0 aromatic heterocycles. The normalized spacial score (nSPS) is 11.6. The van der Waals surface area contributed by atoms with Gasteiger partial charge in [-0.3, -0.25) is 0 Å². The van der Waals surface area contributed by atoms with E-state index in [1.165, 1.54) is 12.1 Å². The molecule has 1 unspecified atom stereocenters. The van der Waals surface area contributed by atoms with Crippen molar-refractivity contribution in [1.82, 2.24) is 10.6 Å². The molecular formula is C17H19FN2O2. The van der Waals surface area contributed by atoms with E-state index in [-0.39, 0.29) is 17.9 Å². The van der Waals surface area contributed by atoms with Crippen LogP contribution in [-0.4, -0.2) is 13.1 Å². The molecule has 116 valence electrons. The van der Waals surface area contributed by atoms with E-state index in [9.17, 15) is 9.18 Å². The Hall–Kier alpha value is -2.56. The molecule has 0 aliphatic heterocycles. The topological polar surface area (TPSA) is 50.4 Å². The molecule has 2 N–H and O–H groups in total. The predicted octanol–water partition coefficient (Wildman–Crippen LogP) is 3.39. The maximum Gasteiger partial charge on any atom is 0.315 e. The number of urea groups is 1. The first kappa shape index (κ1) is 15.8. The highest BCUT2D eigenvalue weighted by Gasteiger charge is 2.10. The molecule has 0 spiro atoms. The molecule has 0 saturated heterocycles. The predicted molar refractivity (Wildman–Crippen MR) is 83.2 cm³/mol. The van der Waals surface area contributed by atoms with Crippen molar-refractivity contribution in [1.29, 1.82) is 0 Å². The van der Waals surface area contributed by atoms with Crippen molar-refractivity contribution in [2.45, 2.75) is 19.5 Å². The third-order valence-corrected chi connectivity index (χ3v) is 3.35. The first-order valence-corrected chi connectivity index (χ1v) is 7.02. The molecule has 5 heteroatoms. The zero-order chi connectivity index (χ0) is 15.9. The monoisotopic (exact) mass is 302 g/mol. The number of hydrogen-bond donors (Lipinski definition) is 2. The number of carbonyl (C=O) groups is 1. The van der Waals surface area contributed by atoms with Gasteiger partial charge in [-0.1, -0.05) is 30.3 Å². The summed E-state index contributed by atoms with van der Waals surface area (Å²) in [6, 6.07) is 13.1. The summed E-state index contributed by atoms with van der Waals surface area (Å²) in [5, 5.41) is 5.59. The van der Waals surface area contributed by atoms with Gasteiger partial charge in [0.15, 0.2) is 0 Å². The van der Waals surface area contributed by atoms with E-state index >= 15 is 0 Å². The first-order chi connectivity index (χ1) is 10.6. The van der Waals surface area contributed by atoms with Crippen LogP contribution in [0.4, 0.5) is 9.18 Å². The van der Waals surface area contributed by atoms with Crippen LogP contribution in [-0.2, 0) is 6.54 Å². The number of halogens is 1. The molecule has 0 saturated carbocycles. The third-order valence-electron chi connectivity index (χ3n) is 3.35. The fourth-order valence-corrected chi connectivity index (χ4v) is 2.11. The Morgan fingerprint density at radius 2 is 1.86 bits per heavy atom. The summed E-state index contributed by atoms with van der Waals surface area (Å²) in [4.78, 5) is 11.9. The zero-order valence-electron chi connectivity index (χ0n) is 12.6. The lowest BCUT2D eigenvalue weighted by molar-refractivity contribution is 0.237. The minimum Gasteiger partial charge on any atom is -0.496 e. The highest BCUT2D eigenvalue weighted by Crippen LogP contribution is 2.17. The second kappa shape index (κ2) is 7.45. The second-order valence-corrected chi connectivity index (χ2v) is 4.91. The van der Waals surface area contributed by atoms with Crippen molar-refractivity contribution in [2.24, 2.45) is 0 Å². The van der Waals surface area contributed by atoms with Crippen LogP contribution in [0.25, 0.3) is 0 Å². The Kier molecular flexibility index (Phi) is 5.36. The third kappa shape index (κ3) is 4.22. The SMILES string of the molecule is COc1ccccc1CNC(=O)NC(C)c1ccc(F)cc1. The van der Waals surface area contributed by atoms with Crippen LogP contribution in [0.15, 0.2) is 48.5 Å². The molecule has 0 heterocycles. The van der Waals surface area contributed by atoms with Crippen molar-refractivity contribution in [3.63, 3.8) is 0 Å². The van der Waals surface area contributed by atoms with Crippen LogP contribution >= 0.6 is 0 Å². The maximum atomic E-state index is 12.9. The van der Waals surface area contributed by atoms with Crippen LogP contribution in [0.2, 0.25) is 0 Å². The lowest BCUT2D eigenvalue weighted by Crippen LogP contribution is -2.36. The fraction of sp³-hybridized carbons (Fsp3) is 0.235. The molecule has 0 fully saturated rings. The van der Waals surface area contributed by atoms with Crippen molar-refractivity contribution < 1.29 is 13.9 Å². The number of rotatable bonds is 5. The molecule has 22 heavy (non-hydrogen) atoms. The van der Waals surface area contributed by atoms with E-state index in [0.717, 1.165) is 16.9 Å². The number of hydrogen-bond acceptors (Lipinski definition) is 2. The van der Waals surface area contributed by atoms with Gasteiger partial charge in [-0.2, -0.15) is 0 Å². The molecule has 0 aliphatic carbocycles. The fourth-order valence-electron chi connectivity index (χ4n) is 2.11. The Morgan fingerprint density at radius 1 is 1.18 bits per heavy atom. The number of carbonyl (C=O) groups excluding carboxylic acids is 1. The van der Waals surface area contributed by atoms with E-state index in [2.05, 4.69) is 10.6 Å². The van der Waals surface area contributed by atoms with Gasteiger partial charge in [0.2, 0.25) is 0 Å². The Labute approximate surface area is 129 Å². The summed E-state index contributed by atoms with van der Waals surface area (Å²) in [5.74, 6) is 0.436. The van der Waals surface area contributed by atoms with Gasteiger partial charge in [-0.25, -0.2) is 9.18 Å². The second-order valence-electron chi connectivity index (χ2n) is 4.91. The van der Waals surface area contributed by atoms with Crippen LogP contribution in [0.5, 0.6) is 5.75 Å². The van der Waals surface area contributed by atoms with Gasteiger partial charge in [0.25, 0.3) is 0 Å². The molecular weight excluding hydrogens is 283 g/mol. The van der Waals surface area contributed by atoms with E-state index in [0.29, 0.717) is 6.54 Å². The quantitative estimate of drug-likeness (QED) is 0.889. The summed E-state index contributed by atoms with van der Waals surface area (Å²) < 4.78 is 18.1. The number of amides is 2. The van der Waals surface area contributed by atoms with Crippen molar-refractivity contribution >= 4 is 6.03 Å². The molecule has 2 amide bonds. The van der Waals surface area contributed by atoms with E-state index < -0.39 is 0 Å². The smallest absolute Gasteiger partial charge is 0.315 e. The molecule has 2 rings (SSSR count). The molecule has 0 bridgehead atoms. The summed E-state index contributed by atoms with van der Waals surface area (Å²) in [6.45, 7) is 2.21. The minimum absolute atomic E-state index is 0.210. The Balaban J connectivity index is 1.88. The number of ether oxygens (including phenoxy) is 1. The van der Waals surface area contributed by atoms with E-state index in [1.54, 1.807) is 19.2 Å². The average Bonchev–Trinajstić information content (AvgIpc) is 2.53. The number of para-hydroxylation sites is 1. The summed E-state index contributed by atoms with van der Waals surface area (Å²) >= 11 is 0. The molecule has 2 aromatic rings. The van der Waals surface area contributed by atoms with Gasteiger partial charge < -0.3 is 15.4 Å². The maximum absolute atomic E-state index is 12.9. The van der Waals surface area contributed by atoms with Gasteiger partial charge in [0, 0.05) is 12.1 Å². The summed E-state index contributed by atoms with van der Waals surface area (Å²) in [5.41, 5.74) is 1.74. The lowest BCUT2D eigenvalue weighted by Gasteiger charge is -2.15. The summed E-state index contributed by atoms with van der Waals surface area (Å²) in [7, 11) is 1.59. The summed E-state index contributed by atoms with van der Waals surface area (Å²) in [6.07, 6.45) is 0. The van der Waals surface area contributed by atoms with Gasteiger partial charge in [0.05, 0.1) is 13.2 Å². The van der Waals surface area contributed by atoms with Crippen LogP contribution < -0.4 is 15.4 Å². The van der Waals surface area contributed by atoms with Gasteiger partial charge in [-0.05, 0) is 30.7 Å². The van der Waals surface area contributed by atoms with Gasteiger partial charge in [0.1, 0.15) is 11.6 Å². The Bertz CT molecular complexity index is 629. The average molecular weight is 302 g/mol. The number of benzene rings is 2. The molecule has 0 radical (unpaired) electrons. The van der Waals surface area contributed by atoms with Crippen LogP contribution in [0, 0.1) is 5.82 Å². The molecule has 4 nitrogen and oxygen atoms in total. The van der Waals surface area contributed by atoms with E-state index in [4.69, 9.17) is 4.74 Å². The van der Waals surface area contributed by atoms with Crippen molar-refractivity contribution in [2.75, 3.05) is 7.11 Å². The van der Waals surface area contributed by atoms with Crippen LogP contribution in [0.1, 0.15) is 24.1 Å². The van der Waals surface area contributed by atoms with E-state index in [1.807, 2.05) is 31.2 Å².